The monoisotopic (exact) mass is 487 g/mol. The van der Waals surface area contributed by atoms with Crippen LogP contribution in [-0.4, -0.2) is 18.4 Å². The second kappa shape index (κ2) is 9.01. The van der Waals surface area contributed by atoms with Gasteiger partial charge in [0.1, 0.15) is 35.2 Å². The van der Waals surface area contributed by atoms with Gasteiger partial charge in [0.25, 0.3) is 0 Å². The van der Waals surface area contributed by atoms with Crippen molar-refractivity contribution in [3.05, 3.63) is 75.2 Å². The predicted molar refractivity (Wildman–Crippen MR) is 115 cm³/mol. The molecule has 2 N–H and O–H groups in total. The third-order valence-corrected chi connectivity index (χ3v) is 5.81. The van der Waals surface area contributed by atoms with Gasteiger partial charge in [0.15, 0.2) is 5.78 Å². The van der Waals surface area contributed by atoms with Gasteiger partial charge in [-0.3, -0.25) is 4.79 Å². The molecular formula is C23H22BrNO6. The summed E-state index contributed by atoms with van der Waals surface area (Å²) in [5.74, 6) is 0.601. The van der Waals surface area contributed by atoms with E-state index in [-0.39, 0.29) is 30.5 Å². The number of Topliss-reactive ketones (excluding diaryl/α,β-unsaturated/α-hetero) is 1. The number of nitrogens with two attached hydrogens (primary N) is 1. The summed E-state index contributed by atoms with van der Waals surface area (Å²) >= 11 is 3.44. The number of benzene rings is 1. The number of hydrogen-bond donors (Lipinski definition) is 1. The lowest BCUT2D eigenvalue weighted by molar-refractivity contribution is -0.139. The van der Waals surface area contributed by atoms with Crippen LogP contribution in [0.15, 0.2) is 68.1 Å². The molecule has 0 saturated heterocycles. The number of allylic oxidation sites excluding steroid dienone is 2. The van der Waals surface area contributed by atoms with Crippen molar-refractivity contribution in [3.8, 4) is 5.75 Å². The lowest BCUT2D eigenvalue weighted by Gasteiger charge is -2.31. The molecule has 0 spiro atoms. The molecule has 2 heterocycles. The number of esters is 1. The topological polar surface area (TPSA) is 101 Å². The number of halogens is 1. The quantitative estimate of drug-likeness (QED) is 0.599. The third kappa shape index (κ3) is 4.25. The zero-order chi connectivity index (χ0) is 22.0. The van der Waals surface area contributed by atoms with E-state index in [2.05, 4.69) is 15.9 Å². The molecule has 0 saturated carbocycles. The minimum Gasteiger partial charge on any atom is -0.484 e. The number of hydrogen-bond acceptors (Lipinski definition) is 7. The third-order valence-electron chi connectivity index (χ3n) is 5.15. The molecule has 0 radical (unpaired) electrons. The number of carbonyl (C=O) groups is 2. The Labute approximate surface area is 188 Å². The van der Waals surface area contributed by atoms with Crippen LogP contribution < -0.4 is 10.5 Å². The Balaban J connectivity index is 1.66. The maximum absolute atomic E-state index is 12.8. The van der Waals surface area contributed by atoms with Gasteiger partial charge in [-0.1, -0.05) is 12.1 Å². The van der Waals surface area contributed by atoms with Gasteiger partial charge >= 0.3 is 5.97 Å². The van der Waals surface area contributed by atoms with Crippen LogP contribution in [0.25, 0.3) is 0 Å². The molecule has 1 unspecified atom stereocenters. The first-order chi connectivity index (χ1) is 15.0. The number of para-hydroxylation sites is 1. The fraction of sp³-hybridized carbons (Fsp3) is 0.304. The molecular weight excluding hydrogens is 466 g/mol. The number of carbonyl (C=O) groups excluding carboxylic acids is 2. The predicted octanol–water partition coefficient (Wildman–Crippen LogP) is 4.48. The first-order valence-corrected chi connectivity index (χ1v) is 10.9. The van der Waals surface area contributed by atoms with Gasteiger partial charge < -0.3 is 24.4 Å². The zero-order valence-electron chi connectivity index (χ0n) is 17.0. The molecule has 2 aromatic rings. The van der Waals surface area contributed by atoms with Crippen LogP contribution in [0.5, 0.6) is 5.75 Å². The van der Waals surface area contributed by atoms with Crippen LogP contribution in [0, 0.1) is 0 Å². The highest BCUT2D eigenvalue weighted by atomic mass is 79.9. The van der Waals surface area contributed by atoms with Gasteiger partial charge in [0, 0.05) is 18.4 Å². The lowest BCUT2D eigenvalue weighted by Crippen LogP contribution is -2.31. The van der Waals surface area contributed by atoms with Gasteiger partial charge in [0.2, 0.25) is 5.88 Å². The van der Waals surface area contributed by atoms with Crippen molar-refractivity contribution in [2.24, 2.45) is 5.73 Å². The van der Waals surface area contributed by atoms with Crippen molar-refractivity contribution in [3.63, 3.8) is 0 Å². The van der Waals surface area contributed by atoms with E-state index in [9.17, 15) is 9.59 Å². The van der Waals surface area contributed by atoms with E-state index in [1.165, 1.54) is 0 Å². The second-order valence-electron chi connectivity index (χ2n) is 7.17. The largest absolute Gasteiger partial charge is 0.484 e. The highest BCUT2D eigenvalue weighted by Gasteiger charge is 2.42. The summed E-state index contributed by atoms with van der Waals surface area (Å²) in [6, 6.07) is 11.0. The molecule has 2 aliphatic rings. The fourth-order valence-electron chi connectivity index (χ4n) is 3.79. The molecule has 1 aromatic carbocycles. The number of furan rings is 1. The zero-order valence-corrected chi connectivity index (χ0v) is 18.6. The molecule has 8 heteroatoms. The Hall–Kier alpha value is -3.00. The van der Waals surface area contributed by atoms with E-state index < -0.39 is 11.9 Å². The molecule has 1 aliphatic heterocycles. The highest BCUT2D eigenvalue weighted by molar-refractivity contribution is 9.10. The normalized spacial score (nSPS) is 18.5. The van der Waals surface area contributed by atoms with Crippen molar-refractivity contribution >= 4 is 27.7 Å². The molecule has 162 valence electrons. The summed E-state index contributed by atoms with van der Waals surface area (Å²) in [5, 5.41) is 0. The number of ketones is 1. The van der Waals surface area contributed by atoms with Crippen molar-refractivity contribution < 1.29 is 28.2 Å². The Bertz CT molecular complexity index is 1080. The van der Waals surface area contributed by atoms with Crippen molar-refractivity contribution in [1.82, 2.24) is 0 Å². The molecule has 1 aliphatic carbocycles. The molecule has 0 amide bonds. The average molecular weight is 488 g/mol. The van der Waals surface area contributed by atoms with Gasteiger partial charge in [-0.05, 0) is 53.5 Å². The molecule has 0 fully saturated rings. The molecule has 4 rings (SSSR count). The van der Waals surface area contributed by atoms with Crippen LogP contribution in [-0.2, 0) is 25.7 Å². The van der Waals surface area contributed by atoms with Crippen molar-refractivity contribution in [2.45, 2.75) is 38.7 Å². The van der Waals surface area contributed by atoms with Crippen LogP contribution >= 0.6 is 15.9 Å². The standard InChI is InChI=1S/C23H22BrNO6/c1-2-28-23(27)21-20(19-15(26)7-5-9-17(19)31-22(21)25)18-11-10-13(30-18)12-29-16-8-4-3-6-14(16)24/h3-4,6,8,10-11,20H,2,5,7,9,12,25H2,1H3. The summed E-state index contributed by atoms with van der Waals surface area (Å²) in [6.07, 6.45) is 1.64. The summed E-state index contributed by atoms with van der Waals surface area (Å²) in [6.45, 7) is 2.05. The first-order valence-electron chi connectivity index (χ1n) is 10.1. The van der Waals surface area contributed by atoms with Gasteiger partial charge in [-0.2, -0.15) is 0 Å². The fourth-order valence-corrected chi connectivity index (χ4v) is 4.19. The minimum absolute atomic E-state index is 0.0562. The smallest absolute Gasteiger partial charge is 0.340 e. The van der Waals surface area contributed by atoms with Crippen LogP contribution in [0.2, 0.25) is 0 Å². The average Bonchev–Trinajstić information content (AvgIpc) is 3.21. The van der Waals surface area contributed by atoms with Gasteiger partial charge in [0.05, 0.1) is 17.0 Å². The van der Waals surface area contributed by atoms with E-state index in [1.54, 1.807) is 19.1 Å². The van der Waals surface area contributed by atoms with E-state index in [1.807, 2.05) is 24.3 Å². The Kier molecular flexibility index (Phi) is 6.18. The Morgan fingerprint density at radius 3 is 2.81 bits per heavy atom. The molecule has 31 heavy (non-hydrogen) atoms. The van der Waals surface area contributed by atoms with Crippen LogP contribution in [0.1, 0.15) is 43.6 Å². The highest BCUT2D eigenvalue weighted by Crippen LogP contribution is 2.44. The number of ether oxygens (including phenoxy) is 3. The molecule has 0 bridgehead atoms. The van der Waals surface area contributed by atoms with E-state index in [0.717, 1.165) is 4.47 Å². The van der Waals surface area contributed by atoms with Gasteiger partial charge in [-0.15, -0.1) is 0 Å². The second-order valence-corrected chi connectivity index (χ2v) is 8.02. The Morgan fingerprint density at radius 2 is 2.03 bits per heavy atom. The molecule has 1 aromatic heterocycles. The molecule has 1 atom stereocenters. The molecule has 7 nitrogen and oxygen atoms in total. The SMILES string of the molecule is CCOC(=O)C1=C(N)OC2=C(C(=O)CCC2)C1c1ccc(COc2ccccc2Br)o1. The minimum atomic E-state index is -0.771. The maximum Gasteiger partial charge on any atom is 0.340 e. The van der Waals surface area contributed by atoms with Crippen LogP contribution in [0.4, 0.5) is 0 Å². The van der Waals surface area contributed by atoms with E-state index in [0.29, 0.717) is 47.9 Å². The van der Waals surface area contributed by atoms with Crippen molar-refractivity contribution in [1.29, 1.82) is 0 Å². The van der Waals surface area contributed by atoms with Gasteiger partial charge in [-0.25, -0.2) is 4.79 Å². The summed E-state index contributed by atoms with van der Waals surface area (Å²) in [4.78, 5) is 25.5. The first kappa shape index (κ1) is 21.2. The van der Waals surface area contributed by atoms with E-state index in [4.69, 9.17) is 24.4 Å². The summed E-state index contributed by atoms with van der Waals surface area (Å²) in [7, 11) is 0. The lowest BCUT2D eigenvalue weighted by atomic mass is 9.79. The summed E-state index contributed by atoms with van der Waals surface area (Å²) in [5.41, 5.74) is 6.59. The maximum atomic E-state index is 12.8. The Morgan fingerprint density at radius 1 is 1.23 bits per heavy atom. The van der Waals surface area contributed by atoms with E-state index >= 15 is 0 Å². The van der Waals surface area contributed by atoms with Crippen LogP contribution in [0.3, 0.4) is 0 Å². The summed E-state index contributed by atoms with van der Waals surface area (Å²) < 4.78 is 23.5. The number of rotatable bonds is 6. The van der Waals surface area contributed by atoms with Crippen molar-refractivity contribution in [2.75, 3.05) is 6.61 Å².